The van der Waals surface area contributed by atoms with E-state index in [4.69, 9.17) is 4.42 Å². The molecule has 168 valence electrons. The standard InChI is InChI=1S/C26H24FN3O3/c27-19-8-6-18(7-9-19)23-24(26(32)30(25(23)31)17-22-5-4-16-33-22)28-20-10-12-21(13-11-20)29-14-2-1-3-15-29/h4-13,16,28H,1-3,14-15,17H2. The van der Waals surface area contributed by atoms with Crippen molar-refractivity contribution in [3.63, 3.8) is 0 Å². The smallest absolute Gasteiger partial charge is 0.278 e. The van der Waals surface area contributed by atoms with Gasteiger partial charge in [0, 0.05) is 24.5 Å². The van der Waals surface area contributed by atoms with Gasteiger partial charge < -0.3 is 14.6 Å². The fourth-order valence-electron chi connectivity index (χ4n) is 4.33. The maximum Gasteiger partial charge on any atom is 0.278 e. The number of anilines is 2. The number of nitrogens with one attached hydrogen (secondary N) is 1. The Balaban J connectivity index is 1.45. The van der Waals surface area contributed by atoms with Crippen molar-refractivity contribution in [2.24, 2.45) is 0 Å². The largest absolute Gasteiger partial charge is 0.467 e. The van der Waals surface area contributed by atoms with Crippen LogP contribution < -0.4 is 10.2 Å². The highest BCUT2D eigenvalue weighted by atomic mass is 19.1. The van der Waals surface area contributed by atoms with Crippen LogP contribution in [0.15, 0.2) is 77.0 Å². The number of piperidine rings is 1. The molecule has 2 aliphatic rings. The molecule has 5 rings (SSSR count). The Morgan fingerprint density at radius 3 is 2.27 bits per heavy atom. The van der Waals surface area contributed by atoms with Crippen molar-refractivity contribution in [1.82, 2.24) is 4.90 Å². The minimum absolute atomic E-state index is 0.0223. The van der Waals surface area contributed by atoms with Crippen molar-refractivity contribution in [1.29, 1.82) is 0 Å². The minimum Gasteiger partial charge on any atom is -0.467 e. The number of halogens is 1. The van der Waals surface area contributed by atoms with E-state index in [2.05, 4.69) is 10.2 Å². The number of imide groups is 1. The zero-order chi connectivity index (χ0) is 22.8. The van der Waals surface area contributed by atoms with Crippen LogP contribution in [0.5, 0.6) is 0 Å². The number of benzene rings is 2. The lowest BCUT2D eigenvalue weighted by Crippen LogP contribution is -2.31. The summed E-state index contributed by atoms with van der Waals surface area (Å²) in [5.41, 5.74) is 2.70. The van der Waals surface area contributed by atoms with Crippen LogP contribution >= 0.6 is 0 Å². The minimum atomic E-state index is -0.449. The molecule has 0 atom stereocenters. The third-order valence-electron chi connectivity index (χ3n) is 6.05. The fraction of sp³-hybridized carbons (Fsp3) is 0.231. The lowest BCUT2D eigenvalue weighted by atomic mass is 10.0. The normalized spacial score (nSPS) is 16.6. The summed E-state index contributed by atoms with van der Waals surface area (Å²) in [7, 11) is 0. The van der Waals surface area contributed by atoms with E-state index < -0.39 is 17.6 Å². The van der Waals surface area contributed by atoms with Gasteiger partial charge in [-0.05, 0) is 73.4 Å². The molecule has 7 heteroatoms. The molecule has 0 bridgehead atoms. The average molecular weight is 445 g/mol. The number of rotatable bonds is 6. The summed E-state index contributed by atoms with van der Waals surface area (Å²) >= 11 is 0. The number of furan rings is 1. The molecule has 2 aromatic carbocycles. The third kappa shape index (κ3) is 4.26. The van der Waals surface area contributed by atoms with E-state index in [0.29, 0.717) is 17.0 Å². The van der Waals surface area contributed by atoms with Gasteiger partial charge in [0.2, 0.25) is 0 Å². The molecule has 0 unspecified atom stereocenters. The zero-order valence-electron chi connectivity index (χ0n) is 18.1. The van der Waals surface area contributed by atoms with E-state index in [1.165, 1.54) is 49.8 Å². The van der Waals surface area contributed by atoms with E-state index in [1.54, 1.807) is 12.1 Å². The highest BCUT2D eigenvalue weighted by molar-refractivity contribution is 6.36. The highest BCUT2D eigenvalue weighted by Crippen LogP contribution is 2.32. The lowest BCUT2D eigenvalue weighted by molar-refractivity contribution is -0.137. The second-order valence-corrected chi connectivity index (χ2v) is 8.25. The molecular weight excluding hydrogens is 421 g/mol. The summed E-state index contributed by atoms with van der Waals surface area (Å²) in [6, 6.07) is 16.8. The number of nitrogens with zero attached hydrogens (tertiary/aromatic N) is 2. The van der Waals surface area contributed by atoms with Crippen molar-refractivity contribution in [2.75, 3.05) is 23.3 Å². The van der Waals surface area contributed by atoms with Crippen LogP contribution in [0.2, 0.25) is 0 Å². The molecule has 2 aliphatic heterocycles. The van der Waals surface area contributed by atoms with E-state index in [1.807, 2.05) is 24.3 Å². The quantitative estimate of drug-likeness (QED) is 0.552. The van der Waals surface area contributed by atoms with Gasteiger partial charge >= 0.3 is 0 Å². The summed E-state index contributed by atoms with van der Waals surface area (Å²) in [5, 5.41) is 3.15. The molecule has 33 heavy (non-hydrogen) atoms. The Kier molecular flexibility index (Phi) is 5.69. The molecule has 2 amide bonds. The Hall–Kier alpha value is -3.87. The summed E-state index contributed by atoms with van der Waals surface area (Å²) in [6.45, 7) is 2.11. The number of carbonyl (C=O) groups is 2. The van der Waals surface area contributed by atoms with Gasteiger partial charge in [-0.25, -0.2) is 4.39 Å². The third-order valence-corrected chi connectivity index (χ3v) is 6.05. The van der Waals surface area contributed by atoms with Gasteiger partial charge in [-0.1, -0.05) is 12.1 Å². The van der Waals surface area contributed by atoms with Crippen molar-refractivity contribution in [2.45, 2.75) is 25.8 Å². The fourth-order valence-corrected chi connectivity index (χ4v) is 4.33. The van der Waals surface area contributed by atoms with Gasteiger partial charge in [0.1, 0.15) is 17.3 Å². The van der Waals surface area contributed by atoms with Gasteiger partial charge in [0.15, 0.2) is 0 Å². The molecule has 1 fully saturated rings. The molecule has 0 aliphatic carbocycles. The predicted molar refractivity (Wildman–Crippen MR) is 124 cm³/mol. The van der Waals surface area contributed by atoms with E-state index in [0.717, 1.165) is 23.7 Å². The summed E-state index contributed by atoms with van der Waals surface area (Å²) in [6.07, 6.45) is 5.14. The van der Waals surface area contributed by atoms with E-state index in [9.17, 15) is 14.0 Å². The number of amides is 2. The van der Waals surface area contributed by atoms with Crippen molar-refractivity contribution < 1.29 is 18.4 Å². The van der Waals surface area contributed by atoms with Crippen LogP contribution in [0.25, 0.3) is 5.57 Å². The van der Waals surface area contributed by atoms with Crippen LogP contribution in [0.4, 0.5) is 15.8 Å². The van der Waals surface area contributed by atoms with Crippen LogP contribution in [0.1, 0.15) is 30.6 Å². The molecule has 0 radical (unpaired) electrons. The maximum atomic E-state index is 13.5. The Labute approximate surface area is 191 Å². The molecule has 3 heterocycles. The van der Waals surface area contributed by atoms with Gasteiger partial charge in [-0.15, -0.1) is 0 Å². The number of hydrogen-bond donors (Lipinski definition) is 1. The highest BCUT2D eigenvalue weighted by Gasteiger charge is 2.39. The van der Waals surface area contributed by atoms with Crippen LogP contribution in [-0.2, 0) is 16.1 Å². The first-order valence-electron chi connectivity index (χ1n) is 11.1. The summed E-state index contributed by atoms with van der Waals surface area (Å²) in [4.78, 5) is 30.0. The van der Waals surface area contributed by atoms with Gasteiger partial charge in [0.25, 0.3) is 11.8 Å². The van der Waals surface area contributed by atoms with Crippen molar-refractivity contribution in [3.8, 4) is 0 Å². The molecule has 6 nitrogen and oxygen atoms in total. The van der Waals surface area contributed by atoms with Gasteiger partial charge in [-0.2, -0.15) is 0 Å². The lowest BCUT2D eigenvalue weighted by Gasteiger charge is -2.28. The Morgan fingerprint density at radius 1 is 0.879 bits per heavy atom. The number of carbonyl (C=O) groups excluding carboxylic acids is 2. The number of hydrogen-bond acceptors (Lipinski definition) is 5. The zero-order valence-corrected chi connectivity index (χ0v) is 18.1. The topological polar surface area (TPSA) is 65.8 Å². The monoisotopic (exact) mass is 445 g/mol. The van der Waals surface area contributed by atoms with Crippen molar-refractivity contribution in [3.05, 3.63) is 89.8 Å². The molecule has 1 saturated heterocycles. The van der Waals surface area contributed by atoms with Gasteiger partial charge in [0.05, 0.1) is 18.4 Å². The predicted octanol–water partition coefficient (Wildman–Crippen LogP) is 4.80. The molecule has 3 aromatic rings. The van der Waals surface area contributed by atoms with E-state index in [-0.39, 0.29) is 17.8 Å². The second kappa shape index (κ2) is 8.94. The summed E-state index contributed by atoms with van der Waals surface area (Å²) in [5.74, 6) is -0.806. The SMILES string of the molecule is O=C1C(Nc2ccc(N3CCCCC3)cc2)=C(c2ccc(F)cc2)C(=O)N1Cc1ccco1. The van der Waals surface area contributed by atoms with Crippen LogP contribution in [-0.4, -0.2) is 29.8 Å². The van der Waals surface area contributed by atoms with Crippen molar-refractivity contribution >= 4 is 28.8 Å². The summed E-state index contributed by atoms with van der Waals surface area (Å²) < 4.78 is 18.8. The van der Waals surface area contributed by atoms with Crippen LogP contribution in [0, 0.1) is 5.82 Å². The molecule has 0 saturated carbocycles. The average Bonchev–Trinajstić information content (AvgIpc) is 3.44. The van der Waals surface area contributed by atoms with Gasteiger partial charge in [-0.3, -0.25) is 14.5 Å². The molecule has 0 spiro atoms. The first kappa shape index (κ1) is 21.0. The molecule has 1 aromatic heterocycles. The maximum absolute atomic E-state index is 13.5. The molecular formula is C26H24FN3O3. The Bertz CT molecular complexity index is 1180. The first-order valence-corrected chi connectivity index (χ1v) is 11.1. The van der Waals surface area contributed by atoms with E-state index >= 15 is 0 Å². The first-order chi connectivity index (χ1) is 16.1. The van der Waals surface area contributed by atoms with Crippen LogP contribution in [0.3, 0.4) is 0 Å². The second-order valence-electron chi connectivity index (χ2n) is 8.25. The molecule has 1 N–H and O–H groups in total. The Morgan fingerprint density at radius 2 is 1.61 bits per heavy atom.